The van der Waals surface area contributed by atoms with Crippen LogP contribution in [0.3, 0.4) is 0 Å². The molecule has 1 aromatic rings. The van der Waals surface area contributed by atoms with Crippen LogP contribution in [0.15, 0.2) is 16.6 Å². The molecule has 0 unspecified atom stereocenters. The molecule has 5 nitrogen and oxygen atoms in total. The highest BCUT2D eigenvalue weighted by atomic mass is 79.9. The summed E-state index contributed by atoms with van der Waals surface area (Å²) in [5.41, 5.74) is 11.7. The van der Waals surface area contributed by atoms with Gasteiger partial charge in [0.05, 0.1) is 24.1 Å². The third-order valence-corrected chi connectivity index (χ3v) is 2.99. The predicted octanol–water partition coefficient (Wildman–Crippen LogP) is 1.60. The third kappa shape index (κ3) is 5.08. The standard InChI is InChI=1S/C13H19BrN2O3/c1-2-18-11-8-9(3-5-15)7-10(14)13(11)19-6-4-12(16)17/h7-8H,2-6,15H2,1H3,(H2,16,17). The van der Waals surface area contributed by atoms with Crippen LogP contribution in [0.1, 0.15) is 18.9 Å². The lowest BCUT2D eigenvalue weighted by molar-refractivity contribution is -0.118. The normalized spacial score (nSPS) is 10.3. The number of rotatable bonds is 8. The molecule has 0 radical (unpaired) electrons. The predicted molar refractivity (Wildman–Crippen MR) is 77.4 cm³/mol. The molecular formula is C13H19BrN2O3. The molecular weight excluding hydrogens is 312 g/mol. The van der Waals surface area contributed by atoms with E-state index in [0.29, 0.717) is 24.7 Å². The highest BCUT2D eigenvalue weighted by molar-refractivity contribution is 9.10. The Labute approximate surface area is 121 Å². The van der Waals surface area contributed by atoms with Crippen LogP contribution in [0.25, 0.3) is 0 Å². The second-order valence-electron chi connectivity index (χ2n) is 3.94. The summed E-state index contributed by atoms with van der Waals surface area (Å²) < 4.78 is 11.9. The summed E-state index contributed by atoms with van der Waals surface area (Å²) in [6.45, 7) is 3.23. The summed E-state index contributed by atoms with van der Waals surface area (Å²) in [6.07, 6.45) is 0.933. The van der Waals surface area contributed by atoms with E-state index in [-0.39, 0.29) is 13.0 Å². The summed E-state index contributed by atoms with van der Waals surface area (Å²) in [5.74, 6) is 0.836. The number of amides is 1. The van der Waals surface area contributed by atoms with E-state index in [1.807, 2.05) is 19.1 Å². The number of carbonyl (C=O) groups excluding carboxylic acids is 1. The minimum Gasteiger partial charge on any atom is -0.490 e. The summed E-state index contributed by atoms with van der Waals surface area (Å²) in [4.78, 5) is 10.7. The monoisotopic (exact) mass is 330 g/mol. The van der Waals surface area contributed by atoms with Gasteiger partial charge in [0, 0.05) is 0 Å². The van der Waals surface area contributed by atoms with Crippen LogP contribution in [-0.2, 0) is 11.2 Å². The first-order valence-corrected chi connectivity index (χ1v) is 6.94. The van der Waals surface area contributed by atoms with Crippen molar-refractivity contribution in [1.82, 2.24) is 0 Å². The van der Waals surface area contributed by atoms with Crippen molar-refractivity contribution in [2.75, 3.05) is 19.8 Å². The lowest BCUT2D eigenvalue weighted by Gasteiger charge is -2.15. The van der Waals surface area contributed by atoms with Gasteiger partial charge in [0.1, 0.15) is 0 Å². The topological polar surface area (TPSA) is 87.6 Å². The van der Waals surface area contributed by atoms with Gasteiger partial charge in [0.2, 0.25) is 5.91 Å². The molecule has 0 atom stereocenters. The van der Waals surface area contributed by atoms with Gasteiger partial charge in [-0.25, -0.2) is 0 Å². The summed E-state index contributed by atoms with van der Waals surface area (Å²) >= 11 is 3.44. The fourth-order valence-electron chi connectivity index (χ4n) is 1.59. The molecule has 4 N–H and O–H groups in total. The SMILES string of the molecule is CCOc1cc(CCN)cc(Br)c1OCCC(N)=O. The van der Waals surface area contributed by atoms with Gasteiger partial charge >= 0.3 is 0 Å². The van der Waals surface area contributed by atoms with Crippen LogP contribution < -0.4 is 20.9 Å². The summed E-state index contributed by atoms with van der Waals surface area (Å²) in [6, 6.07) is 3.84. The first-order valence-electron chi connectivity index (χ1n) is 6.14. The van der Waals surface area contributed by atoms with Gasteiger partial charge in [-0.05, 0) is 53.5 Å². The fraction of sp³-hybridized carbons (Fsp3) is 0.462. The molecule has 0 bridgehead atoms. The van der Waals surface area contributed by atoms with Crippen molar-refractivity contribution < 1.29 is 14.3 Å². The Morgan fingerprint density at radius 2 is 2.11 bits per heavy atom. The van der Waals surface area contributed by atoms with Gasteiger partial charge in [-0.3, -0.25) is 4.79 Å². The summed E-state index contributed by atoms with van der Waals surface area (Å²) in [5, 5.41) is 0. The van der Waals surface area contributed by atoms with E-state index < -0.39 is 5.91 Å². The van der Waals surface area contributed by atoms with Crippen LogP contribution in [0.4, 0.5) is 0 Å². The van der Waals surface area contributed by atoms with Crippen LogP contribution in [0.5, 0.6) is 11.5 Å². The Morgan fingerprint density at radius 3 is 2.68 bits per heavy atom. The number of nitrogens with two attached hydrogens (primary N) is 2. The Bertz CT molecular complexity index is 438. The molecule has 1 aromatic carbocycles. The van der Waals surface area contributed by atoms with Gasteiger partial charge in [0.15, 0.2) is 11.5 Å². The average Bonchev–Trinajstić information content (AvgIpc) is 2.33. The van der Waals surface area contributed by atoms with E-state index in [1.54, 1.807) is 0 Å². The largest absolute Gasteiger partial charge is 0.490 e. The van der Waals surface area contributed by atoms with Crippen molar-refractivity contribution in [2.24, 2.45) is 11.5 Å². The van der Waals surface area contributed by atoms with Crippen LogP contribution in [0.2, 0.25) is 0 Å². The maximum absolute atomic E-state index is 10.7. The maximum atomic E-state index is 10.7. The van der Waals surface area contributed by atoms with Crippen molar-refractivity contribution in [2.45, 2.75) is 19.8 Å². The van der Waals surface area contributed by atoms with Gasteiger partial charge < -0.3 is 20.9 Å². The Balaban J connectivity index is 2.90. The molecule has 0 spiro atoms. The van der Waals surface area contributed by atoms with Crippen LogP contribution in [-0.4, -0.2) is 25.7 Å². The third-order valence-electron chi connectivity index (χ3n) is 2.40. The number of ether oxygens (including phenoxy) is 2. The molecule has 19 heavy (non-hydrogen) atoms. The zero-order valence-electron chi connectivity index (χ0n) is 10.9. The molecule has 0 aromatic heterocycles. The average molecular weight is 331 g/mol. The van der Waals surface area contributed by atoms with Crippen molar-refractivity contribution in [3.63, 3.8) is 0 Å². The highest BCUT2D eigenvalue weighted by Crippen LogP contribution is 2.37. The van der Waals surface area contributed by atoms with Crippen LogP contribution in [0, 0.1) is 0 Å². The zero-order valence-corrected chi connectivity index (χ0v) is 12.5. The molecule has 1 rings (SSSR count). The molecule has 0 saturated carbocycles. The molecule has 106 valence electrons. The van der Waals surface area contributed by atoms with Crippen molar-refractivity contribution in [3.05, 3.63) is 22.2 Å². The molecule has 0 fully saturated rings. The number of halogens is 1. The Kier molecular flexibility index (Phi) is 6.66. The van der Waals surface area contributed by atoms with E-state index in [2.05, 4.69) is 15.9 Å². The zero-order chi connectivity index (χ0) is 14.3. The molecule has 0 aliphatic rings. The minimum atomic E-state index is -0.395. The summed E-state index contributed by atoms with van der Waals surface area (Å²) in [7, 11) is 0. The van der Waals surface area contributed by atoms with Crippen molar-refractivity contribution >= 4 is 21.8 Å². The first kappa shape index (κ1) is 15.8. The van der Waals surface area contributed by atoms with Gasteiger partial charge in [-0.1, -0.05) is 0 Å². The second kappa shape index (κ2) is 8.01. The fourth-order valence-corrected chi connectivity index (χ4v) is 2.19. The molecule has 0 saturated heterocycles. The maximum Gasteiger partial charge on any atom is 0.220 e. The van der Waals surface area contributed by atoms with E-state index in [9.17, 15) is 4.79 Å². The number of hydrogen-bond acceptors (Lipinski definition) is 4. The minimum absolute atomic E-state index is 0.169. The van der Waals surface area contributed by atoms with E-state index in [0.717, 1.165) is 16.5 Å². The van der Waals surface area contributed by atoms with Gasteiger partial charge in [0.25, 0.3) is 0 Å². The highest BCUT2D eigenvalue weighted by Gasteiger charge is 2.12. The second-order valence-corrected chi connectivity index (χ2v) is 4.80. The molecule has 0 aliphatic carbocycles. The van der Waals surface area contributed by atoms with E-state index in [4.69, 9.17) is 20.9 Å². The molecule has 6 heteroatoms. The van der Waals surface area contributed by atoms with Gasteiger partial charge in [-0.15, -0.1) is 0 Å². The molecule has 1 amide bonds. The van der Waals surface area contributed by atoms with E-state index >= 15 is 0 Å². The number of carbonyl (C=O) groups is 1. The van der Waals surface area contributed by atoms with Crippen molar-refractivity contribution in [1.29, 1.82) is 0 Å². The van der Waals surface area contributed by atoms with Gasteiger partial charge in [-0.2, -0.15) is 0 Å². The number of hydrogen-bond donors (Lipinski definition) is 2. The lowest BCUT2D eigenvalue weighted by atomic mass is 10.1. The first-order chi connectivity index (χ1) is 9.08. The molecule has 0 aliphatic heterocycles. The smallest absolute Gasteiger partial charge is 0.220 e. The number of primary amides is 1. The van der Waals surface area contributed by atoms with E-state index in [1.165, 1.54) is 0 Å². The number of benzene rings is 1. The molecule has 0 heterocycles. The quantitative estimate of drug-likeness (QED) is 0.757. The van der Waals surface area contributed by atoms with Crippen molar-refractivity contribution in [3.8, 4) is 11.5 Å². The Morgan fingerprint density at radius 1 is 1.37 bits per heavy atom. The van der Waals surface area contributed by atoms with Crippen LogP contribution >= 0.6 is 15.9 Å². The Hall–Kier alpha value is -1.27. The lowest BCUT2D eigenvalue weighted by Crippen LogP contribution is -2.15.